The van der Waals surface area contributed by atoms with Gasteiger partial charge in [0.2, 0.25) is 0 Å². The summed E-state index contributed by atoms with van der Waals surface area (Å²) < 4.78 is 122. The van der Waals surface area contributed by atoms with Crippen LogP contribution in [0.15, 0.2) is 0 Å². The Labute approximate surface area is 159 Å². The molecule has 2 unspecified atom stereocenters. The molecule has 0 aromatic rings. The molecule has 0 aromatic carbocycles. The third-order valence-electron chi connectivity index (χ3n) is 2.95. The van der Waals surface area contributed by atoms with Crippen LogP contribution in [0.3, 0.4) is 0 Å². The summed E-state index contributed by atoms with van der Waals surface area (Å²) in [5, 5.41) is 0. The minimum atomic E-state index is -6.00. The first-order valence-electron chi connectivity index (χ1n) is 8.05. The van der Waals surface area contributed by atoms with Crippen molar-refractivity contribution >= 4 is 27.9 Å². The average molecular weight is 458 g/mol. The van der Waals surface area contributed by atoms with Gasteiger partial charge in [-0.15, -0.1) is 0 Å². The van der Waals surface area contributed by atoms with E-state index in [4.69, 9.17) is 4.74 Å². The zero-order valence-electron chi connectivity index (χ0n) is 15.5. The van der Waals surface area contributed by atoms with Crippen LogP contribution in [0, 0.1) is 11.8 Å². The van der Waals surface area contributed by atoms with Gasteiger partial charge in [-0.25, -0.2) is 4.79 Å². The summed E-state index contributed by atoms with van der Waals surface area (Å²) in [4.78, 5) is 13.5. The maximum atomic E-state index is 11.7. The van der Waals surface area contributed by atoms with E-state index < -0.39 is 21.8 Å². The zero-order chi connectivity index (χ0) is 23.8. The van der Waals surface area contributed by atoms with Gasteiger partial charge in [0.15, 0.2) is 0 Å². The van der Waals surface area contributed by atoms with E-state index in [0.29, 0.717) is 0 Å². The smallest absolute Gasteiger partial charge is 0.444 e. The second-order valence-electron chi connectivity index (χ2n) is 6.96. The van der Waals surface area contributed by atoms with E-state index in [9.17, 15) is 56.6 Å². The van der Waals surface area contributed by atoms with Gasteiger partial charge < -0.3 is 61.4 Å². The largest absolute Gasteiger partial charge is 0.673 e. The third kappa shape index (κ3) is 31.5. The van der Waals surface area contributed by atoms with Crippen LogP contribution in [0.1, 0.15) is 33.6 Å². The topological polar surface area (TPSA) is 29.5 Å². The highest BCUT2D eigenvalue weighted by molar-refractivity contribution is 6.50. The molecule has 0 spiro atoms. The van der Waals surface area contributed by atoms with Gasteiger partial charge in [0.05, 0.1) is 0 Å². The fourth-order valence-corrected chi connectivity index (χ4v) is 2.08. The van der Waals surface area contributed by atoms with Gasteiger partial charge in [0.1, 0.15) is 5.60 Å². The van der Waals surface area contributed by atoms with Crippen LogP contribution < -0.4 is 0 Å². The van der Waals surface area contributed by atoms with Gasteiger partial charge in [0, 0.05) is 13.1 Å². The summed E-state index contributed by atoms with van der Waals surface area (Å²) in [5.74, 6) is 1.69. The number of rotatable bonds is 0. The average Bonchev–Trinajstić information content (AvgIpc) is 3.07. The fourth-order valence-electron chi connectivity index (χ4n) is 2.08. The molecule has 1 saturated heterocycles. The summed E-state index contributed by atoms with van der Waals surface area (Å²) in [6.07, 6.45) is 2.35. The van der Waals surface area contributed by atoms with Gasteiger partial charge in [-0.1, -0.05) is 0 Å². The molecule has 0 aromatic heterocycles. The number of nitrogens with zero attached hydrogens (tertiary/aromatic N) is 1. The number of likely N-dealkylation sites (tertiary alicyclic amines) is 1. The fraction of sp³-hybridized carbons (Fsp3) is 0.909. The number of amides is 1. The van der Waals surface area contributed by atoms with Crippen molar-refractivity contribution in [3.8, 4) is 0 Å². The van der Waals surface area contributed by atoms with Crippen molar-refractivity contribution < 1.29 is 61.3 Å². The van der Waals surface area contributed by atoms with E-state index >= 15 is 0 Å². The Morgan fingerprint density at radius 2 is 1.14 bits per heavy atom. The molecular weight excluding hydrogens is 439 g/mol. The molecule has 176 valence electrons. The number of fused-ring (bicyclic) bond motifs is 1. The van der Waals surface area contributed by atoms with E-state index in [0.717, 1.165) is 24.9 Å². The standard InChI is InChI=1S/C11H19NO2.3BF4/c1-11(2,3)14-10(13)12-5-4-8-6-9(8)7-12;3*2-1(3,4)5/h8-9H,4-7H2,1-3H3;;;/q;3*-1. The van der Waals surface area contributed by atoms with E-state index in [1.807, 2.05) is 25.7 Å². The molecule has 2 rings (SSSR count). The number of hydrogen-bond acceptors (Lipinski definition) is 2. The Balaban J connectivity index is 0. The SMILES string of the molecule is CC(C)(C)OC(=O)N1CCC2CC2C1.F[B-](F)(F)F.F[B-](F)(F)F.F[B-](F)(F)F. The number of halogens is 12. The van der Waals surface area contributed by atoms with Crippen molar-refractivity contribution in [1.29, 1.82) is 0 Å². The number of ether oxygens (including phenoxy) is 1. The molecule has 2 aliphatic rings. The highest BCUT2D eigenvalue weighted by Gasteiger charge is 2.43. The zero-order valence-corrected chi connectivity index (χ0v) is 15.5. The quantitative estimate of drug-likeness (QED) is 0.322. The van der Waals surface area contributed by atoms with E-state index in [2.05, 4.69) is 0 Å². The van der Waals surface area contributed by atoms with Crippen LogP contribution in [0.5, 0.6) is 0 Å². The van der Waals surface area contributed by atoms with Crippen molar-refractivity contribution in [2.24, 2.45) is 11.8 Å². The number of piperidine rings is 1. The monoisotopic (exact) mass is 458 g/mol. The van der Waals surface area contributed by atoms with E-state index in [1.54, 1.807) is 0 Å². The Hall–Kier alpha value is -1.38. The highest BCUT2D eigenvalue weighted by atomic mass is 19.5. The Morgan fingerprint density at radius 1 is 0.793 bits per heavy atom. The minimum absolute atomic E-state index is 0.136. The number of hydrogen-bond donors (Lipinski definition) is 0. The number of carbonyl (C=O) groups excluding carboxylic acids is 1. The third-order valence-corrected chi connectivity index (χ3v) is 2.95. The molecule has 0 bridgehead atoms. The molecule has 3 nitrogen and oxygen atoms in total. The molecule has 1 amide bonds. The van der Waals surface area contributed by atoms with Crippen LogP contribution in [0.2, 0.25) is 0 Å². The molecule has 2 atom stereocenters. The lowest BCUT2D eigenvalue weighted by atomic mass is 10.1. The van der Waals surface area contributed by atoms with E-state index in [-0.39, 0.29) is 11.7 Å². The lowest BCUT2D eigenvalue weighted by molar-refractivity contribution is 0.0207. The molecule has 1 aliphatic carbocycles. The molecule has 1 saturated carbocycles. The lowest BCUT2D eigenvalue weighted by Crippen LogP contribution is -2.40. The molecule has 2 fully saturated rings. The van der Waals surface area contributed by atoms with Crippen molar-refractivity contribution in [2.75, 3.05) is 13.1 Å². The van der Waals surface area contributed by atoms with Gasteiger partial charge in [-0.05, 0) is 45.4 Å². The molecule has 18 heteroatoms. The van der Waals surface area contributed by atoms with Gasteiger partial charge >= 0.3 is 27.9 Å². The molecule has 0 N–H and O–H groups in total. The first kappa shape index (κ1) is 29.8. The molecule has 1 heterocycles. The van der Waals surface area contributed by atoms with Gasteiger partial charge in [0.25, 0.3) is 0 Å². The Morgan fingerprint density at radius 3 is 1.41 bits per heavy atom. The van der Waals surface area contributed by atoms with Gasteiger partial charge in [-0.2, -0.15) is 0 Å². The lowest BCUT2D eigenvalue weighted by Gasteiger charge is -2.29. The summed E-state index contributed by atoms with van der Waals surface area (Å²) in [7, 11) is -18.0. The molecule has 0 radical (unpaired) electrons. The van der Waals surface area contributed by atoms with Crippen molar-refractivity contribution in [1.82, 2.24) is 4.90 Å². The van der Waals surface area contributed by atoms with Crippen LogP contribution >= 0.6 is 0 Å². The van der Waals surface area contributed by atoms with Crippen molar-refractivity contribution in [2.45, 2.75) is 39.2 Å². The van der Waals surface area contributed by atoms with E-state index in [1.165, 1.54) is 12.8 Å². The van der Waals surface area contributed by atoms with Crippen LogP contribution in [0.25, 0.3) is 0 Å². The Kier molecular flexibility index (Phi) is 11.5. The normalized spacial score (nSPS) is 21.1. The predicted octanol–water partition coefficient (Wildman–Crippen LogP) is 6.16. The first-order chi connectivity index (χ1) is 12.5. The second-order valence-corrected chi connectivity index (χ2v) is 6.96. The van der Waals surface area contributed by atoms with Crippen molar-refractivity contribution in [3.05, 3.63) is 0 Å². The maximum Gasteiger partial charge on any atom is 0.673 e. The maximum absolute atomic E-state index is 11.7. The summed E-state index contributed by atoms with van der Waals surface area (Å²) in [6.45, 7) is 7.54. The van der Waals surface area contributed by atoms with Crippen LogP contribution in [0.4, 0.5) is 56.6 Å². The minimum Gasteiger partial charge on any atom is -0.444 e. The summed E-state index contributed by atoms with van der Waals surface area (Å²) in [5.41, 5.74) is -0.364. The first-order valence-corrected chi connectivity index (χ1v) is 8.05. The predicted molar refractivity (Wildman–Crippen MR) is 84.6 cm³/mol. The second kappa shape index (κ2) is 11.1. The Bertz CT molecular complexity index is 445. The van der Waals surface area contributed by atoms with Gasteiger partial charge in [-0.3, -0.25) is 0 Å². The van der Waals surface area contributed by atoms with Crippen LogP contribution in [-0.2, 0) is 4.74 Å². The molecular formula is C11H19B3F12NO2-3. The molecule has 29 heavy (non-hydrogen) atoms. The van der Waals surface area contributed by atoms with Crippen LogP contribution in [-0.4, -0.2) is 51.4 Å². The molecule has 1 aliphatic heterocycles. The number of carbonyl (C=O) groups is 1. The summed E-state index contributed by atoms with van der Waals surface area (Å²) >= 11 is 0. The highest BCUT2D eigenvalue weighted by Crippen LogP contribution is 2.44. The summed E-state index contributed by atoms with van der Waals surface area (Å²) in [6, 6.07) is 0. The van der Waals surface area contributed by atoms with Crippen molar-refractivity contribution in [3.63, 3.8) is 0 Å².